The Hall–Kier alpha value is -3.69. The van der Waals surface area contributed by atoms with Gasteiger partial charge in [0, 0.05) is 12.0 Å². The van der Waals surface area contributed by atoms with Crippen molar-refractivity contribution in [3.63, 3.8) is 0 Å². The zero-order valence-corrected chi connectivity index (χ0v) is 21.8. The van der Waals surface area contributed by atoms with Crippen LogP contribution in [0, 0.1) is 12.7 Å². The number of hydrogen-bond acceptors (Lipinski definition) is 7. The molecule has 208 valence electrons. The highest BCUT2D eigenvalue weighted by molar-refractivity contribution is 7.85. The van der Waals surface area contributed by atoms with Crippen molar-refractivity contribution in [2.45, 2.75) is 25.6 Å². The van der Waals surface area contributed by atoms with Crippen LogP contribution in [0.4, 0.5) is 23.2 Å². The minimum atomic E-state index is -4.90. The van der Waals surface area contributed by atoms with Crippen molar-refractivity contribution in [1.82, 2.24) is 19.6 Å². The van der Waals surface area contributed by atoms with Crippen molar-refractivity contribution in [3.05, 3.63) is 71.3 Å². The number of hydrogen-bond donors (Lipinski definition) is 1. The molecule has 0 bridgehead atoms. The third-order valence-electron chi connectivity index (χ3n) is 5.51. The van der Waals surface area contributed by atoms with Crippen molar-refractivity contribution in [2.24, 2.45) is 0 Å². The normalized spacial score (nSPS) is 13.0. The van der Waals surface area contributed by atoms with Crippen LogP contribution in [0.5, 0.6) is 0 Å². The molecule has 0 saturated heterocycles. The summed E-state index contributed by atoms with van der Waals surface area (Å²) in [7, 11) is -3.91. The fraction of sp³-hybridized carbons (Fsp3) is 0.261. The number of amides is 1. The van der Waals surface area contributed by atoms with Gasteiger partial charge in [0.05, 0.1) is 53.7 Å². The molecule has 1 N–H and O–H groups in total. The fourth-order valence-electron chi connectivity index (χ4n) is 3.80. The molecule has 10 nitrogen and oxygen atoms in total. The highest BCUT2D eigenvalue weighted by Gasteiger charge is 2.40. The molecule has 1 atom stereocenters. The highest BCUT2D eigenvalue weighted by Crippen LogP contribution is 2.37. The molecule has 4 rings (SSSR count). The number of anilines is 1. The Morgan fingerprint density at radius 1 is 1.28 bits per heavy atom. The van der Waals surface area contributed by atoms with Crippen LogP contribution in [-0.2, 0) is 25.3 Å². The average Bonchev–Trinajstić information content (AvgIpc) is 3.56. The SMILES string of the molecule is Cc1c(Cl)c(C(F)(F)F)nn1C(CCOS(C)(=O)=O)C(=O)Nc1cnn(-c2cccc(F)c2)c1-c1ccoc1. The number of benzene rings is 1. The van der Waals surface area contributed by atoms with Crippen molar-refractivity contribution in [2.75, 3.05) is 18.2 Å². The number of aromatic nitrogens is 4. The third-order valence-corrected chi connectivity index (χ3v) is 6.55. The smallest absolute Gasteiger partial charge is 0.436 e. The van der Waals surface area contributed by atoms with Crippen molar-refractivity contribution in [1.29, 1.82) is 0 Å². The average molecular weight is 590 g/mol. The molecule has 3 aromatic heterocycles. The van der Waals surface area contributed by atoms with Crippen LogP contribution >= 0.6 is 11.6 Å². The summed E-state index contributed by atoms with van der Waals surface area (Å²) >= 11 is 5.87. The Labute approximate surface area is 224 Å². The molecule has 0 aliphatic heterocycles. The summed E-state index contributed by atoms with van der Waals surface area (Å²) in [5, 5.41) is 9.63. The molecule has 39 heavy (non-hydrogen) atoms. The number of alkyl halides is 3. The van der Waals surface area contributed by atoms with Gasteiger partial charge >= 0.3 is 6.18 Å². The molecule has 0 radical (unpaired) electrons. The first-order chi connectivity index (χ1) is 18.3. The zero-order valence-electron chi connectivity index (χ0n) is 20.2. The summed E-state index contributed by atoms with van der Waals surface area (Å²) in [6.45, 7) is 0.702. The molecular weight excluding hydrogens is 570 g/mol. The minimum absolute atomic E-state index is 0.103. The molecule has 4 aromatic rings. The van der Waals surface area contributed by atoms with E-state index in [0.717, 1.165) is 10.9 Å². The second kappa shape index (κ2) is 10.8. The van der Waals surface area contributed by atoms with E-state index < -0.39 is 51.4 Å². The molecule has 0 aliphatic carbocycles. The van der Waals surface area contributed by atoms with E-state index in [1.807, 2.05) is 0 Å². The fourth-order valence-corrected chi connectivity index (χ4v) is 4.43. The van der Waals surface area contributed by atoms with E-state index in [0.29, 0.717) is 11.3 Å². The van der Waals surface area contributed by atoms with E-state index >= 15 is 0 Å². The largest absolute Gasteiger partial charge is 0.472 e. The lowest BCUT2D eigenvalue weighted by molar-refractivity contribution is -0.141. The number of nitrogens with zero attached hydrogens (tertiary/aromatic N) is 4. The maximum absolute atomic E-state index is 13.9. The summed E-state index contributed by atoms with van der Waals surface area (Å²) in [5.41, 5.74) is -0.432. The van der Waals surface area contributed by atoms with Gasteiger partial charge in [-0.3, -0.25) is 13.7 Å². The first kappa shape index (κ1) is 28.3. The van der Waals surface area contributed by atoms with E-state index in [1.165, 1.54) is 48.5 Å². The van der Waals surface area contributed by atoms with Crippen LogP contribution in [0.15, 0.2) is 53.5 Å². The molecule has 16 heteroatoms. The van der Waals surface area contributed by atoms with Gasteiger partial charge in [-0.15, -0.1) is 0 Å². The molecular formula is C23H20ClF4N5O5S. The predicted octanol–water partition coefficient (Wildman–Crippen LogP) is 4.99. The first-order valence-electron chi connectivity index (χ1n) is 11.1. The predicted molar refractivity (Wildman–Crippen MR) is 131 cm³/mol. The lowest BCUT2D eigenvalue weighted by Gasteiger charge is -2.19. The standard InChI is InChI=1S/C23H20ClF4N5O5S/c1-13-19(24)21(23(26,27)28)31-32(13)18(7-9-38-39(2,35)36)22(34)30-17-11-29-33(16-5-3-4-15(25)10-16)20(17)14-6-8-37-12-14/h3-6,8,10-12,18H,7,9H2,1-2H3,(H,30,34). The monoisotopic (exact) mass is 589 g/mol. The van der Waals surface area contributed by atoms with Gasteiger partial charge in [0.25, 0.3) is 10.1 Å². The maximum Gasteiger partial charge on any atom is 0.436 e. The molecule has 0 aliphatic rings. The summed E-state index contributed by atoms with van der Waals surface area (Å²) < 4.78 is 89.1. The Kier molecular flexibility index (Phi) is 7.86. The second-order valence-electron chi connectivity index (χ2n) is 8.32. The number of nitrogens with one attached hydrogen (secondary N) is 1. The summed E-state index contributed by atoms with van der Waals surface area (Å²) in [6.07, 6.45) is -0.515. The van der Waals surface area contributed by atoms with E-state index in [1.54, 1.807) is 12.1 Å². The van der Waals surface area contributed by atoms with E-state index in [4.69, 9.17) is 20.2 Å². The van der Waals surface area contributed by atoms with Crippen LogP contribution in [0.2, 0.25) is 5.02 Å². The molecule has 3 heterocycles. The molecule has 1 unspecified atom stereocenters. The number of furan rings is 1. The highest BCUT2D eigenvalue weighted by atomic mass is 35.5. The first-order valence-corrected chi connectivity index (χ1v) is 13.3. The van der Waals surface area contributed by atoms with Crippen LogP contribution in [0.3, 0.4) is 0 Å². The number of halogens is 5. The van der Waals surface area contributed by atoms with Gasteiger partial charge in [-0.1, -0.05) is 17.7 Å². The molecule has 0 spiro atoms. The van der Waals surface area contributed by atoms with Crippen LogP contribution in [0.1, 0.15) is 23.9 Å². The van der Waals surface area contributed by atoms with Crippen molar-refractivity contribution < 1.29 is 39.4 Å². The van der Waals surface area contributed by atoms with Crippen molar-refractivity contribution in [3.8, 4) is 16.9 Å². The van der Waals surface area contributed by atoms with Crippen molar-refractivity contribution >= 4 is 33.3 Å². The third kappa shape index (κ3) is 6.32. The summed E-state index contributed by atoms with van der Waals surface area (Å²) in [4.78, 5) is 13.5. The minimum Gasteiger partial charge on any atom is -0.472 e. The van der Waals surface area contributed by atoms with Gasteiger partial charge in [0.2, 0.25) is 5.91 Å². The van der Waals surface area contributed by atoms with E-state index in [-0.39, 0.29) is 23.5 Å². The Morgan fingerprint density at radius 3 is 2.62 bits per heavy atom. The van der Waals surface area contributed by atoms with Crippen LogP contribution in [0.25, 0.3) is 16.9 Å². The van der Waals surface area contributed by atoms with E-state index in [9.17, 15) is 30.8 Å². The number of rotatable bonds is 9. The lowest BCUT2D eigenvalue weighted by Crippen LogP contribution is -2.29. The molecule has 0 fully saturated rings. The van der Waals surface area contributed by atoms with Gasteiger partial charge in [-0.25, -0.2) is 9.07 Å². The van der Waals surface area contributed by atoms with Crippen LogP contribution in [-0.4, -0.2) is 46.7 Å². The lowest BCUT2D eigenvalue weighted by atomic mass is 10.1. The zero-order chi connectivity index (χ0) is 28.5. The summed E-state index contributed by atoms with van der Waals surface area (Å²) in [5.74, 6) is -1.41. The Balaban J connectivity index is 1.74. The van der Waals surface area contributed by atoms with Gasteiger partial charge in [0.15, 0.2) is 5.69 Å². The quantitative estimate of drug-likeness (QED) is 0.215. The topological polar surface area (TPSA) is 121 Å². The van der Waals surface area contributed by atoms with Crippen LogP contribution < -0.4 is 5.32 Å². The van der Waals surface area contributed by atoms with E-state index in [2.05, 4.69) is 15.5 Å². The second-order valence-corrected chi connectivity index (χ2v) is 10.3. The number of carbonyl (C=O) groups excluding carboxylic acids is 1. The summed E-state index contributed by atoms with van der Waals surface area (Å²) in [6, 6.07) is 5.57. The molecule has 0 saturated carbocycles. The Bertz CT molecular complexity index is 1600. The number of carbonyl (C=O) groups is 1. The van der Waals surface area contributed by atoms with Gasteiger partial charge in [-0.2, -0.15) is 31.8 Å². The Morgan fingerprint density at radius 2 is 2.03 bits per heavy atom. The van der Waals surface area contributed by atoms with Gasteiger partial charge in [-0.05, 0) is 31.2 Å². The van der Waals surface area contributed by atoms with Gasteiger partial charge in [0.1, 0.15) is 17.6 Å². The molecule has 1 amide bonds. The maximum atomic E-state index is 13.9. The molecule has 1 aromatic carbocycles. The van der Waals surface area contributed by atoms with Gasteiger partial charge < -0.3 is 9.73 Å².